The van der Waals surface area contributed by atoms with Gasteiger partial charge >= 0.3 is 18.1 Å². The number of β-lactam (4-membered cyclic amide) rings is 1. The number of amides is 2. The van der Waals surface area contributed by atoms with Crippen molar-refractivity contribution in [3.8, 4) is 5.88 Å². The van der Waals surface area contributed by atoms with Crippen molar-refractivity contribution in [2.45, 2.75) is 28.7 Å². The summed E-state index contributed by atoms with van der Waals surface area (Å²) in [5.41, 5.74) is 0.0658. The maximum Gasteiger partial charge on any atom is 0.407 e. The Hall–Kier alpha value is -6.12. The molecule has 2 aromatic heterocycles. The van der Waals surface area contributed by atoms with Gasteiger partial charge in [0.2, 0.25) is 0 Å². The third-order valence-electron chi connectivity index (χ3n) is 9.03. The van der Waals surface area contributed by atoms with E-state index in [1.807, 2.05) is 91.0 Å². The summed E-state index contributed by atoms with van der Waals surface area (Å²) in [5, 5.41) is 37.3. The molecule has 1 unspecified atom stereocenters. The van der Waals surface area contributed by atoms with Gasteiger partial charge in [-0.2, -0.15) is 8.78 Å². The number of fused-ring (bicyclic) bond motifs is 1. The predicted octanol–water partition coefficient (Wildman–Crippen LogP) is 4.22. The van der Waals surface area contributed by atoms with Gasteiger partial charge in [-0.25, -0.2) is 9.78 Å². The topological polar surface area (TPSA) is 201 Å². The average molecular weight is 833 g/mol. The van der Waals surface area contributed by atoms with E-state index in [-0.39, 0.29) is 28.1 Å². The minimum absolute atomic E-state index is 0.0109. The number of nitrogens with one attached hydrogen (secondary N) is 2. The van der Waals surface area contributed by atoms with Crippen molar-refractivity contribution in [1.82, 2.24) is 30.0 Å². The van der Waals surface area contributed by atoms with E-state index in [4.69, 9.17) is 0 Å². The summed E-state index contributed by atoms with van der Waals surface area (Å²) in [6, 6.07) is 27.6. The summed E-state index contributed by atoms with van der Waals surface area (Å²) < 4.78 is 27.7. The maximum absolute atomic E-state index is 13.8. The summed E-state index contributed by atoms with van der Waals surface area (Å²) in [4.78, 5) is 61.6. The quantitative estimate of drug-likeness (QED) is 0.0408. The van der Waals surface area contributed by atoms with Crippen LogP contribution < -0.4 is 16.2 Å². The number of rotatable bonds is 14. The Morgan fingerprint density at radius 2 is 1.60 bits per heavy atom. The average Bonchev–Trinajstić information content (AvgIpc) is 3.69. The van der Waals surface area contributed by atoms with E-state index in [0.717, 1.165) is 49.3 Å². The molecule has 5 aromatic rings. The minimum Gasteiger partial charge on any atom is -0.488 e. The number of hydrogen-bond donors (Lipinski definition) is 4. The number of alkyl halides is 2. The maximum atomic E-state index is 13.8. The molecule has 0 bridgehead atoms. The second-order valence-electron chi connectivity index (χ2n) is 12.4. The Labute approximate surface area is 334 Å². The molecule has 2 amide bonds. The van der Waals surface area contributed by atoms with Gasteiger partial charge in [0, 0.05) is 23.9 Å². The fraction of sp³-hybridized carbons (Fsp3) is 0.189. The number of nitrogens with zero attached hydrogens (tertiary/aromatic N) is 6. The van der Waals surface area contributed by atoms with Gasteiger partial charge in [0.15, 0.2) is 16.0 Å². The Balaban J connectivity index is 1.14. The summed E-state index contributed by atoms with van der Waals surface area (Å²) in [6.07, 6.45) is 0. The highest BCUT2D eigenvalue weighted by Crippen LogP contribution is 2.43. The van der Waals surface area contributed by atoms with Crippen LogP contribution in [-0.2, 0) is 31.8 Å². The molecule has 0 spiro atoms. The first kappa shape index (κ1) is 39.1. The number of thioether (sulfide) groups is 2. The number of carboxylic acids is 1. The summed E-state index contributed by atoms with van der Waals surface area (Å²) in [6.45, 7) is -3.38. The van der Waals surface area contributed by atoms with Crippen LogP contribution in [0.4, 0.5) is 13.9 Å². The van der Waals surface area contributed by atoms with Crippen LogP contribution in [0.2, 0.25) is 0 Å². The first-order valence-corrected chi connectivity index (χ1v) is 19.8. The summed E-state index contributed by atoms with van der Waals surface area (Å²) in [7, 11) is 1.36. The number of carboxylic acid groups (broad SMARTS) is 1. The van der Waals surface area contributed by atoms with E-state index >= 15 is 0 Å². The molecule has 3 aromatic carbocycles. The monoisotopic (exact) mass is 832 g/mol. The first-order chi connectivity index (χ1) is 27.5. The van der Waals surface area contributed by atoms with Crippen LogP contribution in [0.15, 0.2) is 123 Å². The van der Waals surface area contributed by atoms with E-state index in [0.29, 0.717) is 10.7 Å². The molecule has 7 rings (SSSR count). The fourth-order valence-electron chi connectivity index (χ4n) is 6.40. The van der Waals surface area contributed by atoms with Crippen LogP contribution in [0.25, 0.3) is 0 Å². The molecule has 2 aliphatic rings. The van der Waals surface area contributed by atoms with Gasteiger partial charge in [-0.15, -0.1) is 33.3 Å². The lowest BCUT2D eigenvalue weighted by Crippen LogP contribution is -2.71. The van der Waals surface area contributed by atoms with Crippen LogP contribution in [0.1, 0.15) is 22.4 Å². The highest BCUT2D eigenvalue weighted by molar-refractivity contribution is 8.01. The lowest BCUT2D eigenvalue weighted by molar-refractivity contribution is -0.150. The largest absolute Gasteiger partial charge is 0.488 e. The second kappa shape index (κ2) is 16.5. The molecule has 57 heavy (non-hydrogen) atoms. The standard InChI is InChI=1S/C37H30F2N8O7S3/c1-46-31(51)29(49)43-44-36(46)57-18-20-17-55-32-26(30(50)47(32)27(20)33(52)53)41-28(48)25(45-54-34(38)39)24-19-56-35(40-24)42-37(21-11-5-2-6-12-21,22-13-7-3-8-14-22)23-15-9-4-10-16-23/h2-16,19,26,32,34H,17-18H2,1H3,(H,40,42)(H,41,48)(H,43,49)(H,52,53)/b45-25+/t26?,32-/m1/s1. The van der Waals surface area contributed by atoms with Crippen LogP contribution >= 0.6 is 34.9 Å². The lowest BCUT2D eigenvalue weighted by atomic mass is 9.77. The van der Waals surface area contributed by atoms with E-state index in [2.05, 4.69) is 35.8 Å². The fourth-order valence-corrected chi connectivity index (χ4v) is 9.54. The predicted molar refractivity (Wildman–Crippen MR) is 208 cm³/mol. The zero-order valence-electron chi connectivity index (χ0n) is 29.5. The van der Waals surface area contributed by atoms with Crippen molar-refractivity contribution in [1.29, 1.82) is 0 Å². The molecule has 20 heteroatoms. The number of carbonyl (C=O) groups is 3. The molecule has 0 aliphatic carbocycles. The van der Waals surface area contributed by atoms with E-state index in [1.54, 1.807) is 0 Å². The van der Waals surface area contributed by atoms with Crippen molar-refractivity contribution in [2.75, 3.05) is 16.8 Å². The normalized spacial score (nSPS) is 16.9. The van der Waals surface area contributed by atoms with Gasteiger partial charge < -0.3 is 25.7 Å². The second-order valence-corrected chi connectivity index (χ2v) is 15.3. The smallest absolute Gasteiger partial charge is 0.407 e. The molecule has 0 radical (unpaired) electrons. The third kappa shape index (κ3) is 7.70. The molecule has 2 atom stereocenters. The van der Waals surface area contributed by atoms with Gasteiger partial charge in [-0.05, 0) is 22.3 Å². The lowest BCUT2D eigenvalue weighted by Gasteiger charge is -2.49. The van der Waals surface area contributed by atoms with Crippen LogP contribution in [0.5, 0.6) is 5.88 Å². The Bertz CT molecular complexity index is 2340. The Kier molecular flexibility index (Phi) is 11.4. The molecule has 4 N–H and O–H groups in total. The van der Waals surface area contributed by atoms with Crippen molar-refractivity contribution in [2.24, 2.45) is 12.2 Å². The summed E-state index contributed by atoms with van der Waals surface area (Å²) >= 11 is 3.24. The van der Waals surface area contributed by atoms with Crippen molar-refractivity contribution in [3.05, 3.63) is 140 Å². The summed E-state index contributed by atoms with van der Waals surface area (Å²) in [5.74, 6) is -3.87. The number of anilines is 1. The molecule has 0 saturated carbocycles. The van der Waals surface area contributed by atoms with E-state index < -0.39 is 58.5 Å². The molecular weight excluding hydrogens is 803 g/mol. The highest BCUT2D eigenvalue weighted by atomic mass is 32.2. The highest BCUT2D eigenvalue weighted by Gasteiger charge is 2.54. The molecule has 4 heterocycles. The minimum atomic E-state index is -3.38. The van der Waals surface area contributed by atoms with Gasteiger partial charge in [0.25, 0.3) is 17.7 Å². The number of aliphatic carboxylic acids is 1. The van der Waals surface area contributed by atoms with Crippen LogP contribution in [0, 0.1) is 0 Å². The van der Waals surface area contributed by atoms with E-state index in [1.165, 1.54) is 24.2 Å². The third-order valence-corrected chi connectivity index (χ3v) is 12.2. The molecule has 2 aliphatic heterocycles. The molecular formula is C37H30F2N8O7S3. The molecule has 15 nitrogen and oxygen atoms in total. The number of halogens is 2. The van der Waals surface area contributed by atoms with Gasteiger partial charge in [0.1, 0.15) is 28.3 Å². The van der Waals surface area contributed by atoms with E-state index in [9.17, 15) is 38.2 Å². The van der Waals surface area contributed by atoms with Gasteiger partial charge in [0.05, 0.1) is 0 Å². The van der Waals surface area contributed by atoms with Crippen molar-refractivity contribution in [3.63, 3.8) is 0 Å². The molecule has 1 saturated heterocycles. The number of aromatic hydroxyl groups is 1. The zero-order chi connectivity index (χ0) is 40.3. The number of hydrogen-bond acceptors (Lipinski definition) is 14. The number of carbonyl (C=O) groups excluding carboxylic acids is 2. The van der Waals surface area contributed by atoms with Gasteiger partial charge in [-0.3, -0.25) is 23.9 Å². The molecule has 1 fully saturated rings. The molecule has 292 valence electrons. The van der Waals surface area contributed by atoms with Gasteiger partial charge in [-0.1, -0.05) is 108 Å². The van der Waals surface area contributed by atoms with Crippen LogP contribution in [0.3, 0.4) is 0 Å². The SMILES string of the molecule is Cn1c(SCC2=C(C(=O)O)N3C(=O)C(NC(=O)/C(=N/OC(F)F)c4csc(NC(c5ccccc5)(c5ccccc5)c5ccccc5)n4)[C@H]3SC2)nnc(O)c1=O. The zero-order valence-corrected chi connectivity index (χ0v) is 31.9. The van der Waals surface area contributed by atoms with Crippen molar-refractivity contribution < 1.29 is 38.2 Å². The van der Waals surface area contributed by atoms with Crippen LogP contribution in [-0.4, -0.2) is 87.9 Å². The Morgan fingerprint density at radius 3 is 2.16 bits per heavy atom. The Morgan fingerprint density at radius 1 is 1.00 bits per heavy atom. The number of aromatic nitrogens is 4. The number of thiazole rings is 1. The first-order valence-electron chi connectivity index (χ1n) is 16.9. The number of benzene rings is 3. The van der Waals surface area contributed by atoms with Crippen molar-refractivity contribution >= 4 is 63.5 Å². The number of oxime groups is 1.